The van der Waals surface area contributed by atoms with Crippen molar-refractivity contribution in [3.8, 4) is 0 Å². The van der Waals surface area contributed by atoms with Crippen molar-refractivity contribution in [1.82, 2.24) is 19.7 Å². The van der Waals surface area contributed by atoms with Gasteiger partial charge in [-0.1, -0.05) is 76.0 Å². The van der Waals surface area contributed by atoms with Crippen molar-refractivity contribution in [3.63, 3.8) is 0 Å². The van der Waals surface area contributed by atoms with Gasteiger partial charge in [0.15, 0.2) is 0 Å². The minimum absolute atomic E-state index is 0.0877. The summed E-state index contributed by atoms with van der Waals surface area (Å²) in [7, 11) is 0. The number of carbonyl (C=O) groups is 1. The molecule has 1 fully saturated rings. The summed E-state index contributed by atoms with van der Waals surface area (Å²) >= 11 is 7.33. The van der Waals surface area contributed by atoms with Gasteiger partial charge in [0, 0.05) is 82.6 Å². The van der Waals surface area contributed by atoms with Gasteiger partial charge in [0.05, 0.1) is 0 Å². The molecular weight excluding hydrogens is 620 g/mol. The second kappa shape index (κ2) is 12.5. The summed E-state index contributed by atoms with van der Waals surface area (Å²) in [5.74, 6) is -0.629. The van der Waals surface area contributed by atoms with Crippen LogP contribution in [0.25, 0.3) is 21.8 Å². The predicted octanol–water partition coefficient (Wildman–Crippen LogP) is 6.20. The van der Waals surface area contributed by atoms with Gasteiger partial charge in [-0.2, -0.15) is 0 Å². The standard InChI is InChI=1S/C31H36Br2N4O2/c1-21(2)30(31(38)39)36-14-12-35(13-15-36)19-25(34-18-22-6-4-3-5-7-22)20-37-28-10-8-23(32)16-26(28)27-17-24(33)9-11-29(27)37/h3-11,16-17,21,25,30,34H,12-15,18-20H2,1-2H3,(H,38,39). The van der Waals surface area contributed by atoms with Gasteiger partial charge in [0.2, 0.25) is 0 Å². The van der Waals surface area contributed by atoms with Crippen LogP contribution in [0.1, 0.15) is 19.4 Å². The smallest absolute Gasteiger partial charge is 0.321 e. The lowest BCUT2D eigenvalue weighted by atomic mass is 10.0. The van der Waals surface area contributed by atoms with Crippen LogP contribution in [0.5, 0.6) is 0 Å². The maximum absolute atomic E-state index is 11.9. The average Bonchev–Trinajstić information content (AvgIpc) is 3.20. The Morgan fingerprint density at radius 2 is 1.46 bits per heavy atom. The Kier molecular flexibility index (Phi) is 9.09. The summed E-state index contributed by atoms with van der Waals surface area (Å²) in [5, 5.41) is 16.1. The molecule has 39 heavy (non-hydrogen) atoms. The zero-order chi connectivity index (χ0) is 27.5. The van der Waals surface area contributed by atoms with Crippen molar-refractivity contribution < 1.29 is 9.90 Å². The van der Waals surface area contributed by atoms with E-state index in [4.69, 9.17) is 0 Å². The van der Waals surface area contributed by atoms with E-state index in [1.54, 1.807) is 0 Å². The third-order valence-corrected chi connectivity index (χ3v) is 8.78. The normalized spacial score (nSPS) is 16.7. The molecule has 1 saturated heterocycles. The fourth-order valence-corrected chi connectivity index (χ4v) is 6.63. The van der Waals surface area contributed by atoms with E-state index in [0.717, 1.165) is 54.8 Å². The minimum Gasteiger partial charge on any atom is -0.480 e. The molecule has 0 spiro atoms. The molecule has 0 bridgehead atoms. The number of carboxylic acid groups (broad SMARTS) is 1. The molecule has 6 nitrogen and oxygen atoms in total. The van der Waals surface area contributed by atoms with E-state index in [-0.39, 0.29) is 12.0 Å². The molecule has 1 aliphatic rings. The highest BCUT2D eigenvalue weighted by molar-refractivity contribution is 9.10. The molecule has 4 aromatic rings. The number of aliphatic carboxylic acids is 1. The monoisotopic (exact) mass is 654 g/mol. The van der Waals surface area contributed by atoms with Gasteiger partial charge in [-0.25, -0.2) is 0 Å². The van der Waals surface area contributed by atoms with E-state index in [2.05, 4.69) is 118 Å². The second-order valence-electron chi connectivity index (χ2n) is 10.9. The number of hydrogen-bond acceptors (Lipinski definition) is 4. The molecule has 2 unspecified atom stereocenters. The first-order chi connectivity index (χ1) is 18.8. The highest BCUT2D eigenvalue weighted by atomic mass is 79.9. The lowest BCUT2D eigenvalue weighted by Crippen LogP contribution is -2.56. The maximum atomic E-state index is 11.9. The van der Waals surface area contributed by atoms with E-state index in [0.29, 0.717) is 0 Å². The summed E-state index contributed by atoms with van der Waals surface area (Å²) in [6.45, 7) is 9.81. The van der Waals surface area contributed by atoms with Gasteiger partial charge in [-0.3, -0.25) is 14.6 Å². The van der Waals surface area contributed by atoms with Gasteiger partial charge in [-0.15, -0.1) is 0 Å². The van der Waals surface area contributed by atoms with Crippen LogP contribution in [0.15, 0.2) is 75.7 Å². The fraction of sp³-hybridized carbons (Fsp3) is 0.387. The molecular formula is C31H36Br2N4O2. The first kappa shape index (κ1) is 28.3. The number of carboxylic acids is 1. The van der Waals surface area contributed by atoms with Gasteiger partial charge in [0.1, 0.15) is 6.04 Å². The summed E-state index contributed by atoms with van der Waals surface area (Å²) in [6, 6.07) is 23.4. The van der Waals surface area contributed by atoms with Crippen molar-refractivity contribution in [2.75, 3.05) is 32.7 Å². The van der Waals surface area contributed by atoms with Gasteiger partial charge in [0.25, 0.3) is 0 Å². The average molecular weight is 656 g/mol. The van der Waals surface area contributed by atoms with Gasteiger partial charge >= 0.3 is 5.97 Å². The van der Waals surface area contributed by atoms with Crippen LogP contribution >= 0.6 is 31.9 Å². The number of nitrogens with one attached hydrogen (secondary N) is 1. The Morgan fingerprint density at radius 1 is 0.872 bits per heavy atom. The Balaban J connectivity index is 1.39. The molecule has 1 aliphatic heterocycles. The Hall–Kier alpha value is -2.23. The molecule has 2 heterocycles. The van der Waals surface area contributed by atoms with Gasteiger partial charge < -0.3 is 15.0 Å². The van der Waals surface area contributed by atoms with E-state index >= 15 is 0 Å². The van der Waals surface area contributed by atoms with Crippen LogP contribution in [-0.4, -0.2) is 70.3 Å². The molecule has 8 heteroatoms. The second-order valence-corrected chi connectivity index (χ2v) is 12.7. The summed E-state index contributed by atoms with van der Waals surface area (Å²) in [5.41, 5.74) is 3.72. The SMILES string of the molecule is CC(C)C(C(=O)O)N1CCN(CC(Cn2c3ccc(Br)cc3c3cc(Br)ccc32)NCc2ccccc2)CC1. The molecule has 2 N–H and O–H groups in total. The maximum Gasteiger partial charge on any atom is 0.321 e. The zero-order valence-electron chi connectivity index (χ0n) is 22.5. The number of halogens is 2. The molecule has 1 aromatic heterocycles. The number of hydrogen-bond donors (Lipinski definition) is 2. The topological polar surface area (TPSA) is 60.7 Å². The van der Waals surface area contributed by atoms with Crippen LogP contribution in [0.2, 0.25) is 0 Å². The lowest BCUT2D eigenvalue weighted by molar-refractivity contribution is -0.146. The first-order valence-electron chi connectivity index (χ1n) is 13.6. The molecule has 2 atom stereocenters. The van der Waals surface area contributed by atoms with Crippen molar-refractivity contribution in [2.24, 2.45) is 5.92 Å². The number of piperazine rings is 1. The Labute approximate surface area is 247 Å². The quantitative estimate of drug-likeness (QED) is 0.213. The Morgan fingerprint density at radius 3 is 2.00 bits per heavy atom. The van der Waals surface area contributed by atoms with Crippen molar-refractivity contribution in [2.45, 2.75) is 39.0 Å². The summed E-state index contributed by atoms with van der Waals surface area (Å²) in [6.07, 6.45) is 0. The predicted molar refractivity (Wildman–Crippen MR) is 166 cm³/mol. The number of nitrogens with zero attached hydrogens (tertiary/aromatic N) is 3. The van der Waals surface area contributed by atoms with Crippen LogP contribution < -0.4 is 5.32 Å². The van der Waals surface area contributed by atoms with Crippen LogP contribution in [0.4, 0.5) is 0 Å². The third kappa shape index (κ3) is 6.57. The van der Waals surface area contributed by atoms with Gasteiger partial charge in [-0.05, 0) is 47.9 Å². The third-order valence-electron chi connectivity index (χ3n) is 7.79. The number of benzene rings is 3. The van der Waals surface area contributed by atoms with E-state index in [1.165, 1.54) is 27.4 Å². The van der Waals surface area contributed by atoms with Crippen molar-refractivity contribution in [3.05, 3.63) is 81.2 Å². The van der Waals surface area contributed by atoms with E-state index in [9.17, 15) is 9.90 Å². The van der Waals surface area contributed by atoms with Crippen molar-refractivity contribution in [1.29, 1.82) is 0 Å². The number of aromatic nitrogens is 1. The first-order valence-corrected chi connectivity index (χ1v) is 15.2. The van der Waals surface area contributed by atoms with Crippen LogP contribution in [0.3, 0.4) is 0 Å². The molecule has 0 saturated carbocycles. The minimum atomic E-state index is -0.717. The molecule has 206 valence electrons. The molecule has 3 aromatic carbocycles. The largest absolute Gasteiger partial charge is 0.480 e. The zero-order valence-corrected chi connectivity index (χ0v) is 25.7. The van der Waals surface area contributed by atoms with Crippen LogP contribution in [0, 0.1) is 5.92 Å². The Bertz CT molecular complexity index is 1370. The molecule has 0 amide bonds. The van der Waals surface area contributed by atoms with Crippen LogP contribution in [-0.2, 0) is 17.9 Å². The summed E-state index contributed by atoms with van der Waals surface area (Å²) in [4.78, 5) is 16.5. The van der Waals surface area contributed by atoms with Crippen molar-refractivity contribution >= 4 is 59.6 Å². The van der Waals surface area contributed by atoms with E-state index < -0.39 is 12.0 Å². The lowest BCUT2D eigenvalue weighted by Gasteiger charge is -2.40. The number of rotatable bonds is 10. The fourth-order valence-electron chi connectivity index (χ4n) is 5.91. The highest BCUT2D eigenvalue weighted by Gasteiger charge is 2.31. The molecule has 0 radical (unpaired) electrons. The van der Waals surface area contributed by atoms with E-state index in [1.807, 2.05) is 13.8 Å². The molecule has 5 rings (SSSR count). The summed E-state index contributed by atoms with van der Waals surface area (Å²) < 4.78 is 4.60. The number of fused-ring (bicyclic) bond motifs is 3. The highest BCUT2D eigenvalue weighted by Crippen LogP contribution is 2.33. The molecule has 0 aliphatic carbocycles.